The van der Waals surface area contributed by atoms with Gasteiger partial charge in [0.15, 0.2) is 5.65 Å². The molecule has 0 saturated carbocycles. The molecule has 1 aliphatic carbocycles. The predicted octanol–water partition coefficient (Wildman–Crippen LogP) is 2.37. The number of aryl methyl sites for hydroxylation is 2. The number of rotatable bonds is 1. The van der Waals surface area contributed by atoms with E-state index in [1.54, 1.807) is 15.9 Å². The minimum Gasteiger partial charge on any atom is -0.292 e. The van der Waals surface area contributed by atoms with Crippen molar-refractivity contribution in [2.24, 2.45) is 5.84 Å². The Hall–Kier alpha value is -1.73. The Morgan fingerprint density at radius 1 is 1.40 bits per heavy atom. The number of nitrogens with two attached hydrogens (primary N) is 1. The molecule has 20 heavy (non-hydrogen) atoms. The van der Waals surface area contributed by atoms with Crippen molar-refractivity contribution in [1.29, 1.82) is 0 Å². The van der Waals surface area contributed by atoms with Gasteiger partial charge in [0.25, 0.3) is 0 Å². The van der Waals surface area contributed by atoms with E-state index in [1.165, 1.54) is 23.3 Å². The molecule has 0 radical (unpaired) electrons. The summed E-state index contributed by atoms with van der Waals surface area (Å²) < 4.78 is 1.71. The lowest BCUT2D eigenvalue weighted by molar-refractivity contribution is 0.602. The molecule has 0 fully saturated rings. The number of hydrogen-bond donors (Lipinski definition) is 2. The van der Waals surface area contributed by atoms with Gasteiger partial charge in [-0.05, 0) is 37.7 Å². The van der Waals surface area contributed by atoms with Gasteiger partial charge in [-0.3, -0.25) is 5.43 Å². The number of nitrogens with one attached hydrogen (secondary N) is 1. The second kappa shape index (κ2) is 4.13. The van der Waals surface area contributed by atoms with Gasteiger partial charge in [-0.1, -0.05) is 6.92 Å². The van der Waals surface area contributed by atoms with Crippen LogP contribution in [0.2, 0.25) is 0 Å². The van der Waals surface area contributed by atoms with Crippen molar-refractivity contribution in [1.82, 2.24) is 19.6 Å². The van der Waals surface area contributed by atoms with Gasteiger partial charge in [0.2, 0.25) is 5.95 Å². The van der Waals surface area contributed by atoms with Crippen LogP contribution in [0.1, 0.15) is 41.9 Å². The summed E-state index contributed by atoms with van der Waals surface area (Å²) >= 11 is 1.77. The van der Waals surface area contributed by atoms with E-state index in [4.69, 9.17) is 5.84 Å². The van der Waals surface area contributed by atoms with Gasteiger partial charge in [-0.2, -0.15) is 4.52 Å². The fourth-order valence-corrected chi connectivity index (χ4v) is 4.48. The number of fused-ring (bicyclic) bond motifs is 5. The zero-order valence-electron chi connectivity index (χ0n) is 11.5. The van der Waals surface area contributed by atoms with Crippen LogP contribution >= 0.6 is 11.3 Å². The first-order valence-corrected chi connectivity index (χ1v) is 7.66. The van der Waals surface area contributed by atoms with Crippen molar-refractivity contribution in [2.45, 2.75) is 39.0 Å². The Labute approximate surface area is 120 Å². The van der Waals surface area contributed by atoms with Crippen LogP contribution in [0.4, 0.5) is 5.95 Å². The molecule has 3 aromatic rings. The van der Waals surface area contributed by atoms with E-state index in [9.17, 15) is 0 Å². The van der Waals surface area contributed by atoms with Crippen LogP contribution in [0.3, 0.4) is 0 Å². The molecule has 0 saturated heterocycles. The third-order valence-electron chi connectivity index (χ3n) is 4.01. The largest absolute Gasteiger partial charge is 0.292 e. The van der Waals surface area contributed by atoms with Crippen molar-refractivity contribution < 1.29 is 0 Å². The average molecular weight is 288 g/mol. The van der Waals surface area contributed by atoms with E-state index < -0.39 is 0 Å². The zero-order chi connectivity index (χ0) is 13.9. The van der Waals surface area contributed by atoms with Crippen molar-refractivity contribution in [3.05, 3.63) is 16.3 Å². The Morgan fingerprint density at radius 3 is 3.05 bits per heavy atom. The van der Waals surface area contributed by atoms with E-state index in [1.807, 2.05) is 6.92 Å². The quantitative estimate of drug-likeness (QED) is 0.531. The maximum absolute atomic E-state index is 5.57. The minimum absolute atomic E-state index is 0.541. The topological polar surface area (TPSA) is 81.1 Å². The Bertz CT molecular complexity index is 817. The van der Waals surface area contributed by atoms with Crippen LogP contribution in [0.5, 0.6) is 0 Å². The highest BCUT2D eigenvalue weighted by Gasteiger charge is 2.26. The van der Waals surface area contributed by atoms with Gasteiger partial charge in [0.1, 0.15) is 10.7 Å². The second-order valence-electron chi connectivity index (χ2n) is 5.39. The Balaban J connectivity index is 2.18. The summed E-state index contributed by atoms with van der Waals surface area (Å²) in [6.45, 7) is 4.18. The fourth-order valence-electron chi connectivity index (χ4n) is 3.15. The molecule has 1 aliphatic rings. The Kier molecular flexibility index (Phi) is 2.49. The molecule has 3 heterocycles. The second-order valence-corrected chi connectivity index (χ2v) is 6.47. The first-order valence-electron chi connectivity index (χ1n) is 6.84. The normalized spacial score (nSPS) is 18.6. The average Bonchev–Trinajstić information content (AvgIpc) is 2.97. The van der Waals surface area contributed by atoms with E-state index in [0.717, 1.165) is 28.1 Å². The molecule has 0 spiro atoms. The summed E-state index contributed by atoms with van der Waals surface area (Å²) in [5.74, 6) is 7.41. The standard InChI is InChI=1S/C13H16N6S/c1-6-4-3-5-8-9(6)10-11-15-7(2)18-19(11)13(17-14)16-12(10)20-8/h6H,3-5,14H2,1-2H3,(H,16,17). The van der Waals surface area contributed by atoms with Gasteiger partial charge in [0.05, 0.1) is 5.39 Å². The molecule has 0 aliphatic heterocycles. The van der Waals surface area contributed by atoms with Gasteiger partial charge in [0, 0.05) is 4.88 Å². The van der Waals surface area contributed by atoms with Gasteiger partial charge in [-0.15, -0.1) is 16.4 Å². The Morgan fingerprint density at radius 2 is 2.25 bits per heavy atom. The van der Waals surface area contributed by atoms with Crippen LogP contribution in [-0.2, 0) is 6.42 Å². The maximum atomic E-state index is 5.57. The summed E-state index contributed by atoms with van der Waals surface area (Å²) in [5, 5.41) is 5.56. The first kappa shape index (κ1) is 12.0. The SMILES string of the molecule is Cc1nc2c3c4c(sc3nc(NN)n2n1)CCCC4C. The van der Waals surface area contributed by atoms with Crippen LogP contribution in [0.15, 0.2) is 0 Å². The number of nitrogen functional groups attached to an aromatic ring is 1. The van der Waals surface area contributed by atoms with E-state index in [0.29, 0.717) is 11.9 Å². The molecule has 0 bridgehead atoms. The molecule has 1 atom stereocenters. The molecule has 3 N–H and O–H groups in total. The van der Waals surface area contributed by atoms with Crippen LogP contribution < -0.4 is 11.3 Å². The smallest absolute Gasteiger partial charge is 0.241 e. The molecule has 7 heteroatoms. The minimum atomic E-state index is 0.541. The van der Waals surface area contributed by atoms with Gasteiger partial charge >= 0.3 is 0 Å². The molecule has 3 aromatic heterocycles. The van der Waals surface area contributed by atoms with Gasteiger partial charge < -0.3 is 0 Å². The summed E-state index contributed by atoms with van der Waals surface area (Å²) in [5.41, 5.74) is 4.91. The number of hydrazine groups is 1. The fraction of sp³-hybridized carbons (Fsp3) is 0.462. The number of anilines is 1. The van der Waals surface area contributed by atoms with Crippen molar-refractivity contribution in [3.63, 3.8) is 0 Å². The number of thiophene rings is 1. The van der Waals surface area contributed by atoms with Crippen LogP contribution in [0.25, 0.3) is 15.9 Å². The molecule has 1 unspecified atom stereocenters. The van der Waals surface area contributed by atoms with E-state index in [2.05, 4.69) is 27.4 Å². The lowest BCUT2D eigenvalue weighted by Gasteiger charge is -2.18. The third-order valence-corrected chi connectivity index (χ3v) is 5.17. The van der Waals surface area contributed by atoms with Crippen molar-refractivity contribution >= 4 is 33.1 Å². The maximum Gasteiger partial charge on any atom is 0.241 e. The summed E-state index contributed by atoms with van der Waals surface area (Å²) in [7, 11) is 0. The van der Waals surface area contributed by atoms with Crippen molar-refractivity contribution in [3.8, 4) is 0 Å². The number of aromatic nitrogens is 4. The lowest BCUT2D eigenvalue weighted by atomic mass is 9.87. The predicted molar refractivity (Wildman–Crippen MR) is 80.1 cm³/mol. The van der Waals surface area contributed by atoms with Gasteiger partial charge in [-0.25, -0.2) is 15.8 Å². The molecule has 6 nitrogen and oxygen atoms in total. The summed E-state index contributed by atoms with van der Waals surface area (Å²) in [6.07, 6.45) is 3.63. The lowest BCUT2D eigenvalue weighted by Crippen LogP contribution is -2.13. The molecule has 4 rings (SSSR count). The highest BCUT2D eigenvalue weighted by Crippen LogP contribution is 2.43. The van der Waals surface area contributed by atoms with Crippen LogP contribution in [-0.4, -0.2) is 19.6 Å². The molecular weight excluding hydrogens is 272 g/mol. The van der Waals surface area contributed by atoms with Crippen molar-refractivity contribution in [2.75, 3.05) is 5.43 Å². The molecule has 0 amide bonds. The van der Waals surface area contributed by atoms with E-state index in [-0.39, 0.29) is 0 Å². The molecular formula is C13H16N6S. The zero-order valence-corrected chi connectivity index (χ0v) is 12.3. The summed E-state index contributed by atoms with van der Waals surface area (Å²) in [6, 6.07) is 0. The molecule has 104 valence electrons. The first-order chi connectivity index (χ1) is 9.69. The monoisotopic (exact) mass is 288 g/mol. The number of nitrogens with zero attached hydrogens (tertiary/aromatic N) is 4. The summed E-state index contributed by atoms with van der Waals surface area (Å²) in [4.78, 5) is 11.7. The van der Waals surface area contributed by atoms with E-state index >= 15 is 0 Å². The highest BCUT2D eigenvalue weighted by molar-refractivity contribution is 7.19. The van der Waals surface area contributed by atoms with Crippen LogP contribution in [0, 0.1) is 6.92 Å². The third kappa shape index (κ3) is 1.50. The highest BCUT2D eigenvalue weighted by atomic mass is 32.1. The molecule has 0 aromatic carbocycles. The number of hydrogen-bond acceptors (Lipinski definition) is 6.